The first-order valence-electron chi connectivity index (χ1n) is 5.29. The first kappa shape index (κ1) is 14.6. The third-order valence-corrected chi connectivity index (χ3v) is 4.42. The van der Waals surface area contributed by atoms with E-state index in [0.717, 1.165) is 30.3 Å². The molecule has 1 aromatic carbocycles. The molecule has 0 aromatic heterocycles. The predicted octanol–water partition coefficient (Wildman–Crippen LogP) is 2.67. The number of nitrogens with one attached hydrogen (secondary N) is 1. The Bertz CT molecular complexity index is 447. The standard InChI is InChI=1S/C11H15BrFNO2S/c1-9(3-2-8-12)14-17(15,16)11-6-4-10(13)5-7-11/h4-7,9,14H,2-3,8H2,1H3. The van der Waals surface area contributed by atoms with Crippen molar-refractivity contribution in [1.82, 2.24) is 4.72 Å². The van der Waals surface area contributed by atoms with Crippen molar-refractivity contribution in [2.75, 3.05) is 5.33 Å². The fourth-order valence-corrected chi connectivity index (χ4v) is 2.99. The molecule has 0 aliphatic rings. The van der Waals surface area contributed by atoms with Gasteiger partial charge in [-0.3, -0.25) is 0 Å². The van der Waals surface area contributed by atoms with E-state index in [1.54, 1.807) is 0 Å². The van der Waals surface area contributed by atoms with Crippen LogP contribution in [0.5, 0.6) is 0 Å². The molecule has 0 saturated heterocycles. The van der Waals surface area contributed by atoms with Crippen molar-refractivity contribution in [2.24, 2.45) is 0 Å². The minimum atomic E-state index is -3.54. The quantitative estimate of drug-likeness (QED) is 0.818. The first-order chi connectivity index (χ1) is 7.95. The van der Waals surface area contributed by atoms with Crippen LogP contribution in [0.1, 0.15) is 19.8 Å². The summed E-state index contributed by atoms with van der Waals surface area (Å²) in [6.07, 6.45) is 1.65. The van der Waals surface area contributed by atoms with Crippen LogP contribution in [0.2, 0.25) is 0 Å². The highest BCUT2D eigenvalue weighted by Gasteiger charge is 2.16. The molecule has 0 radical (unpaired) electrons. The second-order valence-corrected chi connectivity index (χ2v) is 6.31. The lowest BCUT2D eigenvalue weighted by molar-refractivity contribution is 0.545. The van der Waals surface area contributed by atoms with Crippen molar-refractivity contribution in [2.45, 2.75) is 30.7 Å². The first-order valence-corrected chi connectivity index (χ1v) is 7.90. The van der Waals surface area contributed by atoms with Gasteiger partial charge in [-0.2, -0.15) is 0 Å². The number of benzene rings is 1. The van der Waals surface area contributed by atoms with E-state index < -0.39 is 15.8 Å². The number of rotatable bonds is 6. The Morgan fingerprint density at radius 3 is 2.47 bits per heavy atom. The maximum absolute atomic E-state index is 12.7. The smallest absolute Gasteiger partial charge is 0.208 e. The Labute approximate surface area is 110 Å². The second kappa shape index (κ2) is 6.47. The van der Waals surface area contributed by atoms with Crippen LogP contribution in [0.4, 0.5) is 4.39 Å². The summed E-state index contributed by atoms with van der Waals surface area (Å²) in [6, 6.07) is 4.65. The van der Waals surface area contributed by atoms with Crippen LogP contribution in [-0.4, -0.2) is 19.8 Å². The summed E-state index contributed by atoms with van der Waals surface area (Å²) >= 11 is 3.29. The highest BCUT2D eigenvalue weighted by molar-refractivity contribution is 9.09. The fourth-order valence-electron chi connectivity index (χ4n) is 1.39. The van der Waals surface area contributed by atoms with Gasteiger partial charge in [0.1, 0.15) is 5.82 Å². The average molecular weight is 324 g/mol. The molecule has 0 aliphatic carbocycles. The molecule has 0 bridgehead atoms. The summed E-state index contributed by atoms with van der Waals surface area (Å²) in [5, 5.41) is 0.843. The Balaban J connectivity index is 2.71. The van der Waals surface area contributed by atoms with Crippen LogP contribution in [0, 0.1) is 5.82 Å². The van der Waals surface area contributed by atoms with E-state index in [1.807, 2.05) is 6.92 Å². The monoisotopic (exact) mass is 323 g/mol. The molecule has 3 nitrogen and oxygen atoms in total. The normalized spacial score (nSPS) is 13.6. The van der Waals surface area contributed by atoms with Gasteiger partial charge in [-0.15, -0.1) is 0 Å². The molecule has 0 spiro atoms. The molecule has 0 saturated carbocycles. The third kappa shape index (κ3) is 4.73. The van der Waals surface area contributed by atoms with E-state index >= 15 is 0 Å². The molecule has 1 unspecified atom stereocenters. The maximum atomic E-state index is 12.7. The van der Waals surface area contributed by atoms with Crippen molar-refractivity contribution in [3.63, 3.8) is 0 Å². The molecule has 1 atom stereocenters. The van der Waals surface area contributed by atoms with Gasteiger partial charge in [0.15, 0.2) is 0 Å². The number of hydrogen-bond acceptors (Lipinski definition) is 2. The Morgan fingerprint density at radius 2 is 1.94 bits per heavy atom. The number of hydrogen-bond donors (Lipinski definition) is 1. The minimum absolute atomic E-state index is 0.0876. The Kier molecular flexibility index (Phi) is 5.55. The van der Waals surface area contributed by atoms with Gasteiger partial charge in [0, 0.05) is 11.4 Å². The van der Waals surface area contributed by atoms with E-state index in [4.69, 9.17) is 0 Å². The van der Waals surface area contributed by atoms with Crippen LogP contribution in [0.25, 0.3) is 0 Å². The van der Waals surface area contributed by atoms with Gasteiger partial charge in [-0.05, 0) is 44.0 Å². The second-order valence-electron chi connectivity index (χ2n) is 3.81. The van der Waals surface area contributed by atoms with E-state index in [0.29, 0.717) is 0 Å². The highest BCUT2D eigenvalue weighted by Crippen LogP contribution is 2.11. The zero-order valence-corrected chi connectivity index (χ0v) is 11.9. The van der Waals surface area contributed by atoms with Crippen molar-refractivity contribution in [3.8, 4) is 0 Å². The molecule has 0 aliphatic heterocycles. The molecule has 1 rings (SSSR count). The molecular weight excluding hydrogens is 309 g/mol. The maximum Gasteiger partial charge on any atom is 0.240 e. The molecule has 0 heterocycles. The van der Waals surface area contributed by atoms with Crippen molar-refractivity contribution in [1.29, 1.82) is 0 Å². The van der Waals surface area contributed by atoms with Gasteiger partial charge in [0.25, 0.3) is 0 Å². The van der Waals surface area contributed by atoms with E-state index in [1.165, 1.54) is 12.1 Å². The molecule has 6 heteroatoms. The SMILES string of the molecule is CC(CCCBr)NS(=O)(=O)c1ccc(F)cc1. The molecule has 1 aromatic rings. The van der Waals surface area contributed by atoms with Crippen LogP contribution < -0.4 is 4.72 Å². The Morgan fingerprint density at radius 1 is 1.35 bits per heavy atom. The zero-order valence-electron chi connectivity index (χ0n) is 9.49. The van der Waals surface area contributed by atoms with Gasteiger partial charge in [0.2, 0.25) is 10.0 Å². The lowest BCUT2D eigenvalue weighted by Gasteiger charge is -2.13. The zero-order chi connectivity index (χ0) is 12.9. The van der Waals surface area contributed by atoms with Crippen molar-refractivity contribution < 1.29 is 12.8 Å². The fraction of sp³-hybridized carbons (Fsp3) is 0.455. The van der Waals surface area contributed by atoms with Gasteiger partial charge in [0.05, 0.1) is 4.90 Å². The van der Waals surface area contributed by atoms with Crippen LogP contribution >= 0.6 is 15.9 Å². The minimum Gasteiger partial charge on any atom is -0.208 e. The third-order valence-electron chi connectivity index (χ3n) is 2.25. The summed E-state index contributed by atoms with van der Waals surface area (Å²) in [6.45, 7) is 1.81. The number of halogens is 2. The molecule has 1 N–H and O–H groups in total. The van der Waals surface area contributed by atoms with Crippen LogP contribution in [0.3, 0.4) is 0 Å². The summed E-state index contributed by atoms with van der Waals surface area (Å²) in [4.78, 5) is 0.0876. The van der Waals surface area contributed by atoms with Gasteiger partial charge < -0.3 is 0 Å². The van der Waals surface area contributed by atoms with Crippen LogP contribution in [-0.2, 0) is 10.0 Å². The van der Waals surface area contributed by atoms with E-state index in [9.17, 15) is 12.8 Å². The van der Waals surface area contributed by atoms with E-state index in [2.05, 4.69) is 20.7 Å². The molecule has 0 amide bonds. The lowest BCUT2D eigenvalue weighted by atomic mass is 10.2. The predicted molar refractivity (Wildman–Crippen MR) is 69.2 cm³/mol. The van der Waals surface area contributed by atoms with Gasteiger partial charge in [-0.25, -0.2) is 17.5 Å². The van der Waals surface area contributed by atoms with Crippen molar-refractivity contribution in [3.05, 3.63) is 30.1 Å². The van der Waals surface area contributed by atoms with E-state index in [-0.39, 0.29) is 10.9 Å². The average Bonchev–Trinajstić information content (AvgIpc) is 2.26. The number of alkyl halides is 1. The summed E-state index contributed by atoms with van der Waals surface area (Å²) in [5.41, 5.74) is 0. The summed E-state index contributed by atoms with van der Waals surface area (Å²) in [7, 11) is -3.54. The molecule has 96 valence electrons. The summed E-state index contributed by atoms with van der Waals surface area (Å²) < 4.78 is 39.0. The summed E-state index contributed by atoms with van der Waals surface area (Å²) in [5.74, 6) is -0.448. The largest absolute Gasteiger partial charge is 0.240 e. The highest BCUT2D eigenvalue weighted by atomic mass is 79.9. The molecule has 0 fully saturated rings. The van der Waals surface area contributed by atoms with Crippen LogP contribution in [0.15, 0.2) is 29.2 Å². The van der Waals surface area contributed by atoms with Gasteiger partial charge in [-0.1, -0.05) is 15.9 Å². The van der Waals surface area contributed by atoms with Gasteiger partial charge >= 0.3 is 0 Å². The number of sulfonamides is 1. The lowest BCUT2D eigenvalue weighted by Crippen LogP contribution is -2.32. The van der Waals surface area contributed by atoms with Crippen molar-refractivity contribution >= 4 is 26.0 Å². The molecule has 17 heavy (non-hydrogen) atoms. The Hall–Kier alpha value is -0.460. The molecular formula is C11H15BrFNO2S. The topological polar surface area (TPSA) is 46.2 Å².